The maximum atomic E-state index is 5.35. The maximum absolute atomic E-state index is 5.35. The lowest BCUT2D eigenvalue weighted by Gasteiger charge is -2.14. The van der Waals surface area contributed by atoms with E-state index in [1.807, 2.05) is 6.07 Å². The van der Waals surface area contributed by atoms with Crippen LogP contribution in [0.2, 0.25) is 0 Å². The first-order valence-electron chi connectivity index (χ1n) is 5.11. The smallest absolute Gasteiger partial charge is 0.371 e. The average Bonchev–Trinajstić information content (AvgIpc) is 2.39. The van der Waals surface area contributed by atoms with Crippen molar-refractivity contribution in [2.75, 3.05) is 35.5 Å². The summed E-state index contributed by atoms with van der Waals surface area (Å²) in [6.07, 6.45) is 0. The van der Waals surface area contributed by atoms with Crippen molar-refractivity contribution in [3.63, 3.8) is 0 Å². The fourth-order valence-electron chi connectivity index (χ4n) is 1.63. The van der Waals surface area contributed by atoms with Crippen LogP contribution in [0.1, 0.15) is 5.56 Å². The van der Waals surface area contributed by atoms with Crippen LogP contribution in [0.5, 0.6) is 17.2 Å². The molecule has 0 aromatic heterocycles. The Balaban J connectivity index is 3.43. The summed E-state index contributed by atoms with van der Waals surface area (Å²) in [7, 11) is 8.08. The third kappa shape index (κ3) is 2.43. The molecule has 0 unspecified atom stereocenters. The summed E-state index contributed by atoms with van der Waals surface area (Å²) in [5.74, 6) is 2.32. The molecule has 1 aromatic rings. The number of rotatable bonds is 4. The largest absolute Gasteiger partial charge is 0.493 e. The maximum Gasteiger partial charge on any atom is 0.371 e. The molecule has 0 aliphatic carbocycles. The molecule has 0 amide bonds. The van der Waals surface area contributed by atoms with Crippen LogP contribution in [0.4, 0.5) is 0 Å². The van der Waals surface area contributed by atoms with Crippen LogP contribution in [0, 0.1) is 0 Å². The molecule has 0 radical (unpaired) electrons. The standard InChI is InChI=1S/C12H17NO4/c1-13-12(17-5)8-6-7-9(14-2)11(16-4)10(8)15-3/h6-7H,1-5H3/p+1. The van der Waals surface area contributed by atoms with Crippen LogP contribution < -0.4 is 19.2 Å². The summed E-state index contributed by atoms with van der Waals surface area (Å²) in [4.78, 5) is 2.95. The molecular formula is C12H18NO4+. The lowest BCUT2D eigenvalue weighted by molar-refractivity contribution is -0.430. The molecular weight excluding hydrogens is 222 g/mol. The third-order valence-corrected chi connectivity index (χ3v) is 2.38. The Morgan fingerprint density at radius 2 is 1.59 bits per heavy atom. The molecule has 1 N–H and O–H groups in total. The highest BCUT2D eigenvalue weighted by atomic mass is 16.5. The lowest BCUT2D eigenvalue weighted by Crippen LogP contribution is -2.68. The van der Waals surface area contributed by atoms with Gasteiger partial charge in [0.25, 0.3) is 0 Å². The molecule has 0 fully saturated rings. The number of nitrogens with one attached hydrogen (secondary N) is 1. The summed E-state index contributed by atoms with van der Waals surface area (Å²) in [6, 6.07) is 3.64. The van der Waals surface area contributed by atoms with Crippen molar-refractivity contribution in [3.05, 3.63) is 17.7 Å². The molecule has 0 heterocycles. The van der Waals surface area contributed by atoms with Crippen LogP contribution in [0.25, 0.3) is 0 Å². The van der Waals surface area contributed by atoms with Gasteiger partial charge in [-0.05, 0) is 12.1 Å². The monoisotopic (exact) mass is 240 g/mol. The second-order valence-corrected chi connectivity index (χ2v) is 3.17. The van der Waals surface area contributed by atoms with Gasteiger partial charge >= 0.3 is 5.90 Å². The predicted octanol–water partition coefficient (Wildman–Crippen LogP) is -0.184. The van der Waals surface area contributed by atoms with Gasteiger partial charge in [-0.3, -0.25) is 0 Å². The molecule has 0 aliphatic heterocycles. The first-order valence-corrected chi connectivity index (χ1v) is 5.11. The van der Waals surface area contributed by atoms with Crippen molar-refractivity contribution in [3.8, 4) is 17.2 Å². The first-order chi connectivity index (χ1) is 8.23. The Morgan fingerprint density at radius 1 is 0.941 bits per heavy atom. The topological polar surface area (TPSA) is 50.9 Å². The van der Waals surface area contributed by atoms with Gasteiger partial charge in [-0.25, -0.2) is 4.99 Å². The summed E-state index contributed by atoms with van der Waals surface area (Å²) in [6.45, 7) is 0. The Labute approximate surface area is 101 Å². The lowest BCUT2D eigenvalue weighted by atomic mass is 10.1. The SMILES string of the molecule is C[NH+]=C(OC)c1ccc(OC)c(OC)c1OC. The number of hydrogen-bond donors (Lipinski definition) is 1. The van der Waals surface area contributed by atoms with Gasteiger partial charge in [0.15, 0.2) is 11.5 Å². The first kappa shape index (κ1) is 13.2. The molecule has 0 aliphatic rings. The molecule has 5 nitrogen and oxygen atoms in total. The number of methoxy groups -OCH3 is 4. The van der Waals surface area contributed by atoms with Gasteiger partial charge in [-0.15, -0.1) is 0 Å². The zero-order valence-electron chi connectivity index (χ0n) is 10.8. The van der Waals surface area contributed by atoms with Gasteiger partial charge in [0.2, 0.25) is 5.75 Å². The zero-order valence-corrected chi connectivity index (χ0v) is 10.8. The quantitative estimate of drug-likeness (QED) is 0.586. The summed E-state index contributed by atoms with van der Waals surface area (Å²) in [5, 5.41) is 0. The van der Waals surface area contributed by atoms with Crippen molar-refractivity contribution in [1.82, 2.24) is 0 Å². The van der Waals surface area contributed by atoms with E-state index >= 15 is 0 Å². The van der Waals surface area contributed by atoms with Gasteiger partial charge in [0, 0.05) is 0 Å². The summed E-state index contributed by atoms with van der Waals surface area (Å²) in [5.41, 5.74) is 0.773. The Hall–Kier alpha value is -1.91. The van der Waals surface area contributed by atoms with Crippen molar-refractivity contribution >= 4 is 5.90 Å². The molecule has 1 rings (SSSR count). The Bertz CT molecular complexity index is 415. The second kappa shape index (κ2) is 5.98. The fraction of sp³-hybridized carbons (Fsp3) is 0.417. The normalized spacial score (nSPS) is 11.0. The van der Waals surface area contributed by atoms with E-state index in [2.05, 4.69) is 4.99 Å². The van der Waals surface area contributed by atoms with E-state index in [1.165, 1.54) is 0 Å². The van der Waals surface area contributed by atoms with Crippen molar-refractivity contribution in [2.24, 2.45) is 0 Å². The van der Waals surface area contributed by atoms with Gasteiger partial charge in [0.05, 0.1) is 28.4 Å². The van der Waals surface area contributed by atoms with Crippen LogP contribution in [0.15, 0.2) is 12.1 Å². The number of benzene rings is 1. The number of hydrogen-bond acceptors (Lipinski definition) is 4. The van der Waals surface area contributed by atoms with Crippen LogP contribution in [-0.2, 0) is 4.74 Å². The highest BCUT2D eigenvalue weighted by Gasteiger charge is 2.22. The van der Waals surface area contributed by atoms with Gasteiger partial charge in [-0.1, -0.05) is 0 Å². The highest BCUT2D eigenvalue weighted by Crippen LogP contribution is 2.39. The van der Waals surface area contributed by atoms with E-state index in [0.717, 1.165) is 5.56 Å². The van der Waals surface area contributed by atoms with Gasteiger partial charge in [0.1, 0.15) is 12.6 Å². The van der Waals surface area contributed by atoms with Crippen LogP contribution in [0.3, 0.4) is 0 Å². The minimum Gasteiger partial charge on any atom is -0.493 e. The highest BCUT2D eigenvalue weighted by molar-refractivity contribution is 5.94. The zero-order chi connectivity index (χ0) is 12.8. The minimum absolute atomic E-state index is 0.539. The second-order valence-electron chi connectivity index (χ2n) is 3.17. The average molecular weight is 240 g/mol. The Kier molecular flexibility index (Phi) is 4.63. The van der Waals surface area contributed by atoms with Gasteiger partial charge < -0.3 is 18.9 Å². The minimum atomic E-state index is 0.539. The molecule has 1 aromatic carbocycles. The van der Waals surface area contributed by atoms with E-state index in [0.29, 0.717) is 23.1 Å². The van der Waals surface area contributed by atoms with Crippen LogP contribution in [-0.4, -0.2) is 41.4 Å². The van der Waals surface area contributed by atoms with E-state index in [-0.39, 0.29) is 0 Å². The van der Waals surface area contributed by atoms with Gasteiger partial charge in [-0.2, -0.15) is 0 Å². The molecule has 0 spiro atoms. The van der Waals surface area contributed by atoms with E-state index in [9.17, 15) is 0 Å². The molecule has 17 heavy (non-hydrogen) atoms. The molecule has 0 saturated heterocycles. The van der Waals surface area contributed by atoms with E-state index in [4.69, 9.17) is 18.9 Å². The molecule has 5 heteroatoms. The number of ether oxygens (including phenoxy) is 4. The van der Waals surface area contributed by atoms with Crippen molar-refractivity contribution in [1.29, 1.82) is 0 Å². The molecule has 0 bridgehead atoms. The summed E-state index contributed by atoms with van der Waals surface area (Å²) < 4.78 is 21.1. The molecule has 0 saturated carbocycles. The van der Waals surface area contributed by atoms with Crippen molar-refractivity contribution < 1.29 is 23.9 Å². The fourth-order valence-corrected chi connectivity index (χ4v) is 1.63. The molecule has 0 atom stereocenters. The Morgan fingerprint density at radius 3 is 2.00 bits per heavy atom. The van der Waals surface area contributed by atoms with Crippen molar-refractivity contribution in [2.45, 2.75) is 0 Å². The van der Waals surface area contributed by atoms with E-state index in [1.54, 1.807) is 41.6 Å². The van der Waals surface area contributed by atoms with E-state index < -0.39 is 0 Å². The predicted molar refractivity (Wildman–Crippen MR) is 64.1 cm³/mol. The third-order valence-electron chi connectivity index (χ3n) is 2.38. The summed E-state index contributed by atoms with van der Waals surface area (Å²) >= 11 is 0. The van der Waals surface area contributed by atoms with Crippen LogP contribution >= 0.6 is 0 Å². The molecule has 94 valence electrons.